The summed E-state index contributed by atoms with van der Waals surface area (Å²) in [6.07, 6.45) is 5.50. The zero-order valence-electron chi connectivity index (χ0n) is 10.3. The van der Waals surface area contributed by atoms with Gasteiger partial charge >= 0.3 is 5.97 Å². The maximum atomic E-state index is 11.6. The fourth-order valence-electron chi connectivity index (χ4n) is 1.69. The predicted molar refractivity (Wildman–Crippen MR) is 62.4 cm³/mol. The number of aryl methyl sites for hydroxylation is 1. The van der Waals surface area contributed by atoms with Gasteiger partial charge in [-0.3, -0.25) is 4.79 Å². The summed E-state index contributed by atoms with van der Waals surface area (Å²) in [5.41, 5.74) is 1.13. The average Bonchev–Trinajstić information content (AvgIpc) is 2.77. The van der Waals surface area contributed by atoms with E-state index in [4.69, 9.17) is 9.15 Å². The molecule has 1 unspecified atom stereocenters. The lowest BCUT2D eigenvalue weighted by Crippen LogP contribution is -2.13. The highest BCUT2D eigenvalue weighted by Crippen LogP contribution is 2.25. The van der Waals surface area contributed by atoms with Crippen molar-refractivity contribution in [2.75, 3.05) is 7.11 Å². The van der Waals surface area contributed by atoms with Crippen molar-refractivity contribution in [3.63, 3.8) is 0 Å². The maximum absolute atomic E-state index is 11.6. The van der Waals surface area contributed by atoms with Crippen LogP contribution in [-0.4, -0.2) is 13.1 Å². The molecule has 0 amide bonds. The Morgan fingerprint density at radius 1 is 1.50 bits per heavy atom. The lowest BCUT2D eigenvalue weighted by atomic mass is 9.99. The van der Waals surface area contributed by atoms with Crippen LogP contribution in [0.25, 0.3) is 0 Å². The van der Waals surface area contributed by atoms with E-state index in [-0.39, 0.29) is 11.9 Å². The number of hydrogen-bond donors (Lipinski definition) is 0. The molecule has 3 heteroatoms. The van der Waals surface area contributed by atoms with Gasteiger partial charge in [-0.25, -0.2) is 0 Å². The molecule has 0 radical (unpaired) electrons. The van der Waals surface area contributed by atoms with Crippen molar-refractivity contribution in [3.8, 4) is 0 Å². The third-order valence-corrected chi connectivity index (χ3v) is 2.76. The van der Waals surface area contributed by atoms with Gasteiger partial charge in [0.05, 0.1) is 13.4 Å². The first-order valence-electron chi connectivity index (χ1n) is 5.88. The van der Waals surface area contributed by atoms with Crippen molar-refractivity contribution in [1.29, 1.82) is 0 Å². The summed E-state index contributed by atoms with van der Waals surface area (Å²) in [6.45, 7) is 4.17. The molecule has 1 rings (SSSR count). The van der Waals surface area contributed by atoms with Crippen LogP contribution in [0.3, 0.4) is 0 Å². The fourth-order valence-corrected chi connectivity index (χ4v) is 1.69. The van der Waals surface area contributed by atoms with Crippen LogP contribution < -0.4 is 0 Å². The fraction of sp³-hybridized carbons (Fsp3) is 0.615. The Balaban J connectivity index is 2.78. The van der Waals surface area contributed by atoms with E-state index in [9.17, 15) is 4.79 Å². The number of furan rings is 1. The molecule has 0 spiro atoms. The number of unbranched alkanes of at least 4 members (excludes halogenated alkanes) is 1. The Hall–Kier alpha value is -1.25. The van der Waals surface area contributed by atoms with E-state index in [2.05, 4.69) is 13.8 Å². The minimum Gasteiger partial charge on any atom is -0.468 e. The second-order valence-electron chi connectivity index (χ2n) is 3.93. The minimum atomic E-state index is -0.245. The van der Waals surface area contributed by atoms with Gasteiger partial charge in [-0.1, -0.05) is 26.7 Å². The highest BCUT2D eigenvalue weighted by molar-refractivity contribution is 5.77. The van der Waals surface area contributed by atoms with E-state index in [1.165, 1.54) is 7.11 Å². The summed E-state index contributed by atoms with van der Waals surface area (Å²) in [7, 11) is 1.42. The van der Waals surface area contributed by atoms with Crippen LogP contribution in [-0.2, 0) is 16.0 Å². The third-order valence-electron chi connectivity index (χ3n) is 2.76. The molecule has 0 aliphatic heterocycles. The SMILES string of the molecule is CCCCC(C(=O)OC)c1cc(CC)co1. The molecule has 90 valence electrons. The number of hydrogen-bond acceptors (Lipinski definition) is 3. The second kappa shape index (κ2) is 6.36. The molecule has 0 N–H and O–H groups in total. The number of methoxy groups -OCH3 is 1. The number of ether oxygens (including phenoxy) is 1. The first kappa shape index (κ1) is 12.8. The van der Waals surface area contributed by atoms with Gasteiger partial charge in [0, 0.05) is 0 Å². The van der Waals surface area contributed by atoms with Crippen molar-refractivity contribution in [3.05, 3.63) is 23.7 Å². The quantitative estimate of drug-likeness (QED) is 0.696. The zero-order valence-corrected chi connectivity index (χ0v) is 10.3. The second-order valence-corrected chi connectivity index (χ2v) is 3.93. The van der Waals surface area contributed by atoms with Gasteiger partial charge in [-0.05, 0) is 24.5 Å². The zero-order chi connectivity index (χ0) is 12.0. The molecule has 16 heavy (non-hydrogen) atoms. The van der Waals surface area contributed by atoms with E-state index in [1.54, 1.807) is 6.26 Å². The average molecular weight is 224 g/mol. The molecule has 0 bridgehead atoms. The number of rotatable bonds is 6. The smallest absolute Gasteiger partial charge is 0.316 e. The maximum Gasteiger partial charge on any atom is 0.316 e. The molecule has 0 saturated carbocycles. The predicted octanol–water partition coefficient (Wildman–Crippen LogP) is 3.29. The minimum absolute atomic E-state index is 0.203. The summed E-state index contributed by atoms with van der Waals surface area (Å²) in [5, 5.41) is 0. The molecule has 0 aliphatic carbocycles. The molecular formula is C13H20O3. The molecule has 0 aromatic carbocycles. The molecule has 1 heterocycles. The van der Waals surface area contributed by atoms with Gasteiger partial charge in [0.25, 0.3) is 0 Å². The van der Waals surface area contributed by atoms with Crippen molar-refractivity contribution < 1.29 is 13.9 Å². The van der Waals surface area contributed by atoms with Crippen molar-refractivity contribution in [1.82, 2.24) is 0 Å². The number of carbonyl (C=O) groups excluding carboxylic acids is 1. The van der Waals surface area contributed by atoms with Crippen molar-refractivity contribution in [2.45, 2.75) is 45.4 Å². The first-order valence-corrected chi connectivity index (χ1v) is 5.88. The van der Waals surface area contributed by atoms with Crippen LogP contribution in [0.2, 0.25) is 0 Å². The van der Waals surface area contributed by atoms with Gasteiger partial charge in [0.1, 0.15) is 11.7 Å². The molecule has 3 nitrogen and oxygen atoms in total. The molecule has 1 aromatic heterocycles. The molecular weight excluding hydrogens is 204 g/mol. The summed E-state index contributed by atoms with van der Waals surface area (Å²) in [6, 6.07) is 1.96. The van der Waals surface area contributed by atoms with Gasteiger partial charge in [-0.2, -0.15) is 0 Å². The van der Waals surface area contributed by atoms with E-state index >= 15 is 0 Å². The van der Waals surface area contributed by atoms with Crippen molar-refractivity contribution >= 4 is 5.97 Å². The van der Waals surface area contributed by atoms with Crippen LogP contribution in [0.5, 0.6) is 0 Å². The lowest BCUT2D eigenvalue weighted by molar-refractivity contribution is -0.143. The van der Waals surface area contributed by atoms with Gasteiger partial charge in [0.15, 0.2) is 0 Å². The summed E-state index contributed by atoms with van der Waals surface area (Å²) in [4.78, 5) is 11.6. The number of esters is 1. The van der Waals surface area contributed by atoms with Crippen LogP contribution in [0.4, 0.5) is 0 Å². The van der Waals surface area contributed by atoms with Crippen LogP contribution >= 0.6 is 0 Å². The Morgan fingerprint density at radius 3 is 2.75 bits per heavy atom. The topological polar surface area (TPSA) is 39.4 Å². The lowest BCUT2D eigenvalue weighted by Gasteiger charge is -2.11. The summed E-state index contributed by atoms with van der Waals surface area (Å²) in [5.74, 6) is 0.285. The van der Waals surface area contributed by atoms with E-state index < -0.39 is 0 Å². The van der Waals surface area contributed by atoms with Crippen molar-refractivity contribution in [2.24, 2.45) is 0 Å². The van der Waals surface area contributed by atoms with Crippen LogP contribution in [0.1, 0.15) is 50.4 Å². The summed E-state index contributed by atoms with van der Waals surface area (Å²) >= 11 is 0. The summed E-state index contributed by atoms with van der Waals surface area (Å²) < 4.78 is 10.2. The van der Waals surface area contributed by atoms with Crippen LogP contribution in [0.15, 0.2) is 16.7 Å². The van der Waals surface area contributed by atoms with E-state index in [0.717, 1.165) is 37.0 Å². The van der Waals surface area contributed by atoms with E-state index in [0.29, 0.717) is 0 Å². The molecule has 1 atom stereocenters. The standard InChI is InChI=1S/C13H20O3/c1-4-6-7-11(13(14)15-3)12-8-10(5-2)9-16-12/h8-9,11H,4-7H2,1-3H3. The largest absolute Gasteiger partial charge is 0.468 e. The Bertz CT molecular complexity index is 328. The van der Waals surface area contributed by atoms with Crippen LogP contribution in [0, 0.1) is 0 Å². The van der Waals surface area contributed by atoms with E-state index in [1.807, 2.05) is 6.07 Å². The highest BCUT2D eigenvalue weighted by Gasteiger charge is 2.23. The molecule has 0 fully saturated rings. The molecule has 0 saturated heterocycles. The Morgan fingerprint density at radius 2 is 2.25 bits per heavy atom. The Labute approximate surface area is 96.8 Å². The molecule has 1 aromatic rings. The monoisotopic (exact) mass is 224 g/mol. The normalized spacial score (nSPS) is 12.4. The van der Waals surface area contributed by atoms with Gasteiger partial charge in [0.2, 0.25) is 0 Å². The molecule has 0 aliphatic rings. The highest BCUT2D eigenvalue weighted by atomic mass is 16.5. The third kappa shape index (κ3) is 3.12. The van der Waals surface area contributed by atoms with Gasteiger partial charge in [-0.15, -0.1) is 0 Å². The van der Waals surface area contributed by atoms with Gasteiger partial charge < -0.3 is 9.15 Å². The Kier molecular flexibility index (Phi) is 5.09. The first-order chi connectivity index (χ1) is 7.72. The number of carbonyl (C=O) groups is 1.